The highest BCUT2D eigenvalue weighted by atomic mass is 16.3. The van der Waals surface area contributed by atoms with Crippen molar-refractivity contribution in [2.45, 2.75) is 78.7 Å². The molecule has 0 bridgehead atoms. The molecular weight excluding hydrogens is 328 g/mol. The average molecular weight is 363 g/mol. The molecule has 0 heterocycles. The Labute approximate surface area is 157 Å². The number of nitrogens with one attached hydrogen (secondary N) is 2. The van der Waals surface area contributed by atoms with Crippen molar-refractivity contribution in [3.8, 4) is 5.75 Å². The molecule has 1 aromatic carbocycles. The van der Waals surface area contributed by atoms with Crippen LogP contribution < -0.4 is 10.6 Å². The van der Waals surface area contributed by atoms with E-state index in [0.717, 1.165) is 37.7 Å². The number of carbonyl (C=O) groups excluding carboxylic acids is 2. The summed E-state index contributed by atoms with van der Waals surface area (Å²) in [6.45, 7) is 8.12. The second-order valence-electron chi connectivity index (χ2n) is 7.19. The van der Waals surface area contributed by atoms with E-state index in [1.807, 2.05) is 26.8 Å². The lowest BCUT2D eigenvalue weighted by Crippen LogP contribution is -2.41. The van der Waals surface area contributed by atoms with Gasteiger partial charge in [-0.05, 0) is 36.5 Å². The molecule has 5 nitrogen and oxygen atoms in total. The fraction of sp³-hybridized carbons (Fsp3) is 0.619. The Hall–Kier alpha value is -2.04. The minimum Gasteiger partial charge on any atom is -0.506 e. The maximum absolute atomic E-state index is 12.3. The molecule has 1 unspecified atom stereocenters. The third-order valence-electron chi connectivity index (χ3n) is 4.56. The van der Waals surface area contributed by atoms with Crippen molar-refractivity contribution in [2.24, 2.45) is 5.92 Å². The minimum atomic E-state index is -0.217. The van der Waals surface area contributed by atoms with E-state index in [1.54, 1.807) is 12.1 Å². The SMILES string of the molecule is CCCCCCC(=O)NC(CC(=O)Nc1ccc(CC)cc1O)C(C)C. The molecule has 0 aliphatic carbocycles. The molecule has 2 amide bonds. The summed E-state index contributed by atoms with van der Waals surface area (Å²) < 4.78 is 0. The number of benzene rings is 1. The molecule has 0 spiro atoms. The molecule has 1 rings (SSSR count). The summed E-state index contributed by atoms with van der Waals surface area (Å²) in [6.07, 6.45) is 5.74. The van der Waals surface area contributed by atoms with Gasteiger partial charge in [0.15, 0.2) is 0 Å². The lowest BCUT2D eigenvalue weighted by atomic mass is 10.00. The van der Waals surface area contributed by atoms with Crippen molar-refractivity contribution in [1.82, 2.24) is 5.32 Å². The van der Waals surface area contributed by atoms with Crippen LogP contribution in [-0.4, -0.2) is 23.0 Å². The molecule has 0 aromatic heterocycles. The smallest absolute Gasteiger partial charge is 0.226 e. The fourth-order valence-corrected chi connectivity index (χ4v) is 2.75. The van der Waals surface area contributed by atoms with Crippen LogP contribution in [0.15, 0.2) is 18.2 Å². The summed E-state index contributed by atoms with van der Waals surface area (Å²) in [6, 6.07) is 5.04. The number of phenols is 1. The Morgan fingerprint density at radius 2 is 1.81 bits per heavy atom. The average Bonchev–Trinajstić information content (AvgIpc) is 2.59. The van der Waals surface area contributed by atoms with Gasteiger partial charge in [0.05, 0.1) is 5.69 Å². The van der Waals surface area contributed by atoms with Gasteiger partial charge >= 0.3 is 0 Å². The first-order valence-corrected chi connectivity index (χ1v) is 9.78. The van der Waals surface area contributed by atoms with E-state index in [-0.39, 0.29) is 35.9 Å². The van der Waals surface area contributed by atoms with Crippen LogP contribution in [0.25, 0.3) is 0 Å². The molecule has 5 heteroatoms. The topological polar surface area (TPSA) is 78.4 Å². The van der Waals surface area contributed by atoms with Gasteiger partial charge in [0.2, 0.25) is 11.8 Å². The number of phenolic OH excluding ortho intramolecular Hbond substituents is 1. The molecule has 3 N–H and O–H groups in total. The molecule has 0 saturated carbocycles. The van der Waals surface area contributed by atoms with Crippen LogP contribution in [0.5, 0.6) is 5.75 Å². The highest BCUT2D eigenvalue weighted by Crippen LogP contribution is 2.25. The van der Waals surface area contributed by atoms with Gasteiger partial charge in [-0.3, -0.25) is 9.59 Å². The first kappa shape index (κ1) is 22.0. The van der Waals surface area contributed by atoms with Crippen molar-refractivity contribution in [3.63, 3.8) is 0 Å². The molecule has 0 aliphatic rings. The van der Waals surface area contributed by atoms with Crippen LogP contribution >= 0.6 is 0 Å². The number of rotatable bonds is 11. The highest BCUT2D eigenvalue weighted by molar-refractivity contribution is 5.93. The summed E-state index contributed by atoms with van der Waals surface area (Å²) in [4.78, 5) is 24.4. The van der Waals surface area contributed by atoms with Crippen molar-refractivity contribution in [2.75, 3.05) is 5.32 Å². The Balaban J connectivity index is 2.55. The molecule has 1 aromatic rings. The fourth-order valence-electron chi connectivity index (χ4n) is 2.75. The molecule has 26 heavy (non-hydrogen) atoms. The lowest BCUT2D eigenvalue weighted by Gasteiger charge is -2.22. The number of carbonyl (C=O) groups is 2. The van der Waals surface area contributed by atoms with Gasteiger partial charge < -0.3 is 15.7 Å². The van der Waals surface area contributed by atoms with Gasteiger partial charge in [0.1, 0.15) is 5.75 Å². The van der Waals surface area contributed by atoms with E-state index >= 15 is 0 Å². The number of unbranched alkanes of at least 4 members (excludes halogenated alkanes) is 3. The minimum absolute atomic E-state index is 0.00255. The number of aromatic hydroxyl groups is 1. The van der Waals surface area contributed by atoms with Crippen LogP contribution in [0.3, 0.4) is 0 Å². The third kappa shape index (κ3) is 7.89. The predicted molar refractivity (Wildman–Crippen MR) is 106 cm³/mol. The summed E-state index contributed by atoms with van der Waals surface area (Å²) in [5.74, 6) is 0.00689. The Bertz CT molecular complexity index is 585. The largest absolute Gasteiger partial charge is 0.506 e. The van der Waals surface area contributed by atoms with E-state index < -0.39 is 0 Å². The van der Waals surface area contributed by atoms with E-state index in [1.165, 1.54) is 0 Å². The third-order valence-corrected chi connectivity index (χ3v) is 4.56. The first-order valence-electron chi connectivity index (χ1n) is 9.78. The van der Waals surface area contributed by atoms with Gasteiger partial charge in [0, 0.05) is 18.9 Å². The van der Waals surface area contributed by atoms with Gasteiger partial charge in [-0.15, -0.1) is 0 Å². The second kappa shape index (κ2) is 11.6. The number of aryl methyl sites for hydroxylation is 1. The molecule has 0 aliphatic heterocycles. The number of amides is 2. The van der Waals surface area contributed by atoms with Crippen LogP contribution in [0.4, 0.5) is 5.69 Å². The van der Waals surface area contributed by atoms with Crippen molar-refractivity contribution in [3.05, 3.63) is 23.8 Å². The quantitative estimate of drug-likeness (QED) is 0.403. The van der Waals surface area contributed by atoms with E-state index in [9.17, 15) is 14.7 Å². The Kier molecular flexibility index (Phi) is 9.78. The van der Waals surface area contributed by atoms with Gasteiger partial charge in [-0.2, -0.15) is 0 Å². The van der Waals surface area contributed by atoms with Gasteiger partial charge in [0.25, 0.3) is 0 Å². The molecular formula is C21H34N2O3. The zero-order valence-corrected chi connectivity index (χ0v) is 16.6. The molecule has 0 saturated heterocycles. The normalized spacial score (nSPS) is 12.0. The van der Waals surface area contributed by atoms with Crippen LogP contribution in [0, 0.1) is 5.92 Å². The first-order chi connectivity index (χ1) is 12.4. The number of anilines is 1. The lowest BCUT2D eigenvalue weighted by molar-refractivity contribution is -0.122. The summed E-state index contributed by atoms with van der Waals surface area (Å²) in [7, 11) is 0. The van der Waals surface area contributed by atoms with Gasteiger partial charge in [-0.1, -0.05) is 53.0 Å². The maximum atomic E-state index is 12.3. The van der Waals surface area contributed by atoms with Crippen LogP contribution in [0.1, 0.15) is 71.8 Å². The standard InChI is InChI=1S/C21H34N2O3/c1-5-7-8-9-10-20(25)23-18(15(3)4)14-21(26)22-17-12-11-16(6-2)13-19(17)24/h11-13,15,18,24H,5-10,14H2,1-4H3,(H,22,26)(H,23,25). The second-order valence-corrected chi connectivity index (χ2v) is 7.19. The summed E-state index contributed by atoms with van der Waals surface area (Å²) >= 11 is 0. The molecule has 0 fully saturated rings. The Morgan fingerprint density at radius 1 is 1.08 bits per heavy atom. The highest BCUT2D eigenvalue weighted by Gasteiger charge is 2.20. The van der Waals surface area contributed by atoms with E-state index in [4.69, 9.17) is 0 Å². The Morgan fingerprint density at radius 3 is 2.38 bits per heavy atom. The molecule has 146 valence electrons. The monoisotopic (exact) mass is 362 g/mol. The summed E-state index contributed by atoms with van der Waals surface area (Å²) in [5.41, 5.74) is 1.41. The number of hydrogen-bond acceptors (Lipinski definition) is 3. The van der Waals surface area contributed by atoms with Crippen LogP contribution in [0.2, 0.25) is 0 Å². The van der Waals surface area contributed by atoms with Crippen LogP contribution in [-0.2, 0) is 16.0 Å². The maximum Gasteiger partial charge on any atom is 0.226 e. The van der Waals surface area contributed by atoms with E-state index in [2.05, 4.69) is 17.6 Å². The van der Waals surface area contributed by atoms with Gasteiger partial charge in [-0.25, -0.2) is 0 Å². The predicted octanol–water partition coefficient (Wildman–Crippen LogP) is 4.39. The summed E-state index contributed by atoms with van der Waals surface area (Å²) in [5, 5.41) is 15.7. The zero-order valence-electron chi connectivity index (χ0n) is 16.6. The van der Waals surface area contributed by atoms with Crippen molar-refractivity contribution in [1.29, 1.82) is 0 Å². The number of hydrogen-bond donors (Lipinski definition) is 3. The molecule has 1 atom stereocenters. The molecule has 0 radical (unpaired) electrons. The van der Waals surface area contributed by atoms with Crippen molar-refractivity contribution < 1.29 is 14.7 Å². The van der Waals surface area contributed by atoms with Crippen molar-refractivity contribution >= 4 is 17.5 Å². The van der Waals surface area contributed by atoms with E-state index in [0.29, 0.717) is 12.1 Å². The zero-order chi connectivity index (χ0) is 19.5.